The van der Waals surface area contributed by atoms with Gasteiger partial charge in [0.1, 0.15) is 5.58 Å². The summed E-state index contributed by atoms with van der Waals surface area (Å²) in [6.45, 7) is 4.29. The number of fused-ring (bicyclic) bond motifs is 1. The molecule has 150 valence electrons. The van der Waals surface area contributed by atoms with Gasteiger partial charge in [-0.1, -0.05) is 38.1 Å². The van der Waals surface area contributed by atoms with Crippen molar-refractivity contribution in [3.8, 4) is 0 Å². The number of hydrogen-bond donors (Lipinski definition) is 2. The van der Waals surface area contributed by atoms with Gasteiger partial charge in [-0.3, -0.25) is 0 Å². The zero-order valence-electron chi connectivity index (χ0n) is 15.6. The molecule has 0 saturated heterocycles. The number of rotatable bonds is 6. The summed E-state index contributed by atoms with van der Waals surface area (Å²) in [5, 5.41) is 0.533. The first kappa shape index (κ1) is 22.1. The molecule has 2 aromatic carbocycles. The number of nitrogens with one attached hydrogen (secondary N) is 1. The molecular formula is C20H23ClN2O4S. The van der Waals surface area contributed by atoms with Gasteiger partial charge in [0.25, 0.3) is 0 Å². The highest BCUT2D eigenvalue weighted by molar-refractivity contribution is 7.89. The summed E-state index contributed by atoms with van der Waals surface area (Å²) in [6, 6.07) is 14.5. The van der Waals surface area contributed by atoms with Crippen LogP contribution in [0.5, 0.6) is 0 Å². The Kier molecular flexibility index (Phi) is 7.01. The van der Waals surface area contributed by atoms with Crippen molar-refractivity contribution >= 4 is 33.4 Å². The van der Waals surface area contributed by atoms with Crippen LogP contribution in [0.4, 0.5) is 0 Å². The zero-order chi connectivity index (χ0) is 19.6. The minimum absolute atomic E-state index is 0. The van der Waals surface area contributed by atoms with E-state index < -0.39 is 21.7 Å². The Morgan fingerprint density at radius 1 is 1.00 bits per heavy atom. The Morgan fingerprint density at radius 3 is 2.29 bits per heavy atom. The average Bonchev–Trinajstić information content (AvgIpc) is 2.65. The second-order valence-corrected chi connectivity index (χ2v) is 8.50. The molecule has 0 aliphatic heterocycles. The van der Waals surface area contributed by atoms with Crippen LogP contribution in [-0.4, -0.2) is 15.0 Å². The predicted molar refractivity (Wildman–Crippen MR) is 112 cm³/mol. The highest BCUT2D eigenvalue weighted by atomic mass is 35.5. The van der Waals surface area contributed by atoms with Crippen molar-refractivity contribution in [2.24, 2.45) is 5.73 Å². The first-order valence-electron chi connectivity index (χ1n) is 8.65. The number of halogens is 1. The molecule has 0 radical (unpaired) electrons. The van der Waals surface area contributed by atoms with E-state index in [0.29, 0.717) is 16.9 Å². The molecule has 3 rings (SSSR count). The summed E-state index contributed by atoms with van der Waals surface area (Å²) < 4.78 is 32.7. The molecule has 1 heterocycles. The van der Waals surface area contributed by atoms with Gasteiger partial charge in [0.2, 0.25) is 10.0 Å². The van der Waals surface area contributed by atoms with Crippen molar-refractivity contribution in [2.45, 2.75) is 30.7 Å². The summed E-state index contributed by atoms with van der Waals surface area (Å²) in [4.78, 5) is 11.3. The van der Waals surface area contributed by atoms with Crippen LogP contribution in [0.3, 0.4) is 0 Å². The van der Waals surface area contributed by atoms with E-state index in [1.54, 1.807) is 0 Å². The summed E-state index contributed by atoms with van der Waals surface area (Å²) in [7, 11) is -3.74. The molecule has 0 saturated carbocycles. The normalized spacial score (nSPS) is 12.7. The molecule has 3 aromatic rings. The number of sulfonamides is 1. The first-order chi connectivity index (χ1) is 12.8. The van der Waals surface area contributed by atoms with E-state index in [1.165, 1.54) is 35.9 Å². The summed E-state index contributed by atoms with van der Waals surface area (Å²) in [6.07, 6.45) is 0. The maximum Gasteiger partial charge on any atom is 0.336 e. The van der Waals surface area contributed by atoms with Gasteiger partial charge in [0, 0.05) is 24.0 Å². The molecule has 0 bridgehead atoms. The Bertz CT molecular complexity index is 1110. The minimum Gasteiger partial charge on any atom is -0.423 e. The Balaban J connectivity index is 0.00000280. The fraction of sp³-hybridized carbons (Fsp3) is 0.250. The zero-order valence-corrected chi connectivity index (χ0v) is 17.2. The standard InChI is InChI=1S/C20H22N2O4S.ClH/c1-13(2)14-3-5-15(6-4-14)18(21)12-22-27(24,25)17-8-9-19-16(11-17)7-10-20(23)26-19;/h3-11,13,18,22H,12,21H2,1-2H3;1H. The molecule has 0 spiro atoms. The summed E-state index contributed by atoms with van der Waals surface area (Å²) in [5.41, 5.74) is 8.06. The third-order valence-corrected chi connectivity index (χ3v) is 5.85. The van der Waals surface area contributed by atoms with Crippen LogP contribution >= 0.6 is 12.4 Å². The molecule has 6 nitrogen and oxygen atoms in total. The maximum atomic E-state index is 12.6. The fourth-order valence-electron chi connectivity index (χ4n) is 2.75. The van der Waals surface area contributed by atoms with Crippen LogP contribution in [0.25, 0.3) is 11.0 Å². The lowest BCUT2D eigenvalue weighted by molar-refractivity contribution is 0.560. The number of hydrogen-bond acceptors (Lipinski definition) is 5. The Morgan fingerprint density at radius 2 is 1.64 bits per heavy atom. The van der Waals surface area contributed by atoms with E-state index in [1.807, 2.05) is 24.3 Å². The molecule has 1 aromatic heterocycles. The van der Waals surface area contributed by atoms with E-state index >= 15 is 0 Å². The number of benzene rings is 2. The van der Waals surface area contributed by atoms with Gasteiger partial charge in [-0.15, -0.1) is 12.4 Å². The average molecular weight is 423 g/mol. The molecule has 28 heavy (non-hydrogen) atoms. The second kappa shape index (κ2) is 8.87. The molecule has 3 N–H and O–H groups in total. The van der Waals surface area contributed by atoms with Crippen LogP contribution in [0.1, 0.15) is 36.9 Å². The smallest absolute Gasteiger partial charge is 0.336 e. The van der Waals surface area contributed by atoms with Crippen molar-refractivity contribution in [1.29, 1.82) is 0 Å². The van der Waals surface area contributed by atoms with E-state index in [4.69, 9.17) is 10.2 Å². The summed E-state index contributed by atoms with van der Waals surface area (Å²) in [5.74, 6) is 0.422. The van der Waals surface area contributed by atoms with Gasteiger partial charge >= 0.3 is 5.63 Å². The topological polar surface area (TPSA) is 102 Å². The maximum absolute atomic E-state index is 12.6. The lowest BCUT2D eigenvalue weighted by Gasteiger charge is -2.15. The molecule has 0 aliphatic rings. The minimum atomic E-state index is -3.74. The van der Waals surface area contributed by atoms with Crippen LogP contribution < -0.4 is 16.1 Å². The van der Waals surface area contributed by atoms with Gasteiger partial charge in [0.05, 0.1) is 4.90 Å². The van der Waals surface area contributed by atoms with E-state index in [2.05, 4.69) is 18.6 Å². The number of nitrogens with two attached hydrogens (primary N) is 1. The lowest BCUT2D eigenvalue weighted by Crippen LogP contribution is -2.32. The molecule has 1 unspecified atom stereocenters. The van der Waals surface area contributed by atoms with Crippen LogP contribution in [0.2, 0.25) is 0 Å². The largest absolute Gasteiger partial charge is 0.423 e. The van der Waals surface area contributed by atoms with Gasteiger partial charge < -0.3 is 10.2 Å². The van der Waals surface area contributed by atoms with E-state index in [0.717, 1.165) is 5.56 Å². The van der Waals surface area contributed by atoms with E-state index in [-0.39, 0.29) is 23.8 Å². The third kappa shape index (κ3) is 4.99. The predicted octanol–water partition coefficient (Wildman–Crippen LogP) is 3.32. The Labute approximate surface area is 170 Å². The molecular weight excluding hydrogens is 400 g/mol. The van der Waals surface area contributed by atoms with Gasteiger partial charge in [-0.25, -0.2) is 17.9 Å². The Hall–Kier alpha value is -2.19. The van der Waals surface area contributed by atoms with Crippen molar-refractivity contribution in [3.05, 3.63) is 76.1 Å². The molecule has 0 aliphatic carbocycles. The van der Waals surface area contributed by atoms with Gasteiger partial charge in [0.15, 0.2) is 0 Å². The van der Waals surface area contributed by atoms with Crippen LogP contribution in [0.15, 0.2) is 68.7 Å². The molecule has 8 heteroatoms. The van der Waals surface area contributed by atoms with Crippen LogP contribution in [-0.2, 0) is 10.0 Å². The highest BCUT2D eigenvalue weighted by Crippen LogP contribution is 2.20. The summed E-state index contributed by atoms with van der Waals surface area (Å²) >= 11 is 0. The highest BCUT2D eigenvalue weighted by Gasteiger charge is 2.17. The fourth-order valence-corrected chi connectivity index (χ4v) is 3.84. The second-order valence-electron chi connectivity index (χ2n) is 6.73. The third-order valence-electron chi connectivity index (χ3n) is 4.43. The molecule has 1 atom stereocenters. The van der Waals surface area contributed by atoms with Crippen molar-refractivity contribution in [1.82, 2.24) is 4.72 Å². The SMILES string of the molecule is CC(C)c1ccc(C(N)CNS(=O)(=O)c2ccc3oc(=O)ccc3c2)cc1.Cl. The van der Waals surface area contributed by atoms with Crippen LogP contribution in [0, 0.1) is 0 Å². The van der Waals surface area contributed by atoms with Gasteiger partial charge in [-0.2, -0.15) is 0 Å². The monoisotopic (exact) mass is 422 g/mol. The first-order valence-corrected chi connectivity index (χ1v) is 10.1. The molecule has 0 fully saturated rings. The van der Waals surface area contributed by atoms with Crippen molar-refractivity contribution in [3.63, 3.8) is 0 Å². The quantitative estimate of drug-likeness (QED) is 0.593. The van der Waals surface area contributed by atoms with Crippen molar-refractivity contribution in [2.75, 3.05) is 6.54 Å². The van der Waals surface area contributed by atoms with Gasteiger partial charge in [-0.05, 0) is 41.3 Å². The van der Waals surface area contributed by atoms with E-state index in [9.17, 15) is 13.2 Å². The molecule has 0 amide bonds. The van der Waals surface area contributed by atoms with Crippen molar-refractivity contribution < 1.29 is 12.8 Å². The lowest BCUT2D eigenvalue weighted by atomic mass is 9.99.